The molecule has 1 saturated carbocycles. The molecule has 2 rings (SSSR count). The molecular weight excluding hydrogens is 237 g/mol. The van der Waals surface area contributed by atoms with Gasteiger partial charge in [0.1, 0.15) is 5.82 Å². The van der Waals surface area contributed by atoms with E-state index in [1.165, 1.54) is 18.4 Å². The van der Waals surface area contributed by atoms with Crippen molar-refractivity contribution in [2.24, 2.45) is 17.6 Å². The molecule has 0 amide bonds. The largest absolute Gasteiger partial charge is 0.325 e. The molecule has 0 heterocycles. The van der Waals surface area contributed by atoms with Gasteiger partial charge < -0.3 is 5.73 Å². The number of aryl methyl sites for hydroxylation is 1. The maximum atomic E-state index is 13.1. The summed E-state index contributed by atoms with van der Waals surface area (Å²) in [5.74, 6) is 1.43. The van der Waals surface area contributed by atoms with E-state index in [-0.39, 0.29) is 11.4 Å². The van der Waals surface area contributed by atoms with E-state index in [4.69, 9.17) is 5.73 Å². The van der Waals surface area contributed by atoms with Crippen LogP contribution in [0.2, 0.25) is 0 Å². The van der Waals surface area contributed by atoms with Gasteiger partial charge >= 0.3 is 0 Å². The van der Waals surface area contributed by atoms with Gasteiger partial charge in [0.25, 0.3) is 0 Å². The van der Waals surface area contributed by atoms with Crippen molar-refractivity contribution < 1.29 is 4.39 Å². The van der Waals surface area contributed by atoms with Crippen LogP contribution in [-0.2, 0) is 6.42 Å². The molecular formula is C17H26FN. The van der Waals surface area contributed by atoms with Gasteiger partial charge in [-0.1, -0.05) is 19.9 Å². The lowest BCUT2D eigenvalue weighted by Crippen LogP contribution is -2.46. The highest BCUT2D eigenvalue weighted by molar-refractivity contribution is 5.28. The minimum absolute atomic E-state index is 0.0893. The van der Waals surface area contributed by atoms with Gasteiger partial charge in [0, 0.05) is 5.54 Å². The van der Waals surface area contributed by atoms with Gasteiger partial charge in [-0.05, 0) is 74.1 Å². The summed E-state index contributed by atoms with van der Waals surface area (Å²) >= 11 is 0. The molecule has 1 aliphatic carbocycles. The van der Waals surface area contributed by atoms with E-state index >= 15 is 0 Å². The van der Waals surface area contributed by atoms with Crippen molar-refractivity contribution in [1.82, 2.24) is 0 Å². The summed E-state index contributed by atoms with van der Waals surface area (Å²) in [6.07, 6.45) is 5.52. The first-order chi connectivity index (χ1) is 8.89. The van der Waals surface area contributed by atoms with Gasteiger partial charge in [-0.15, -0.1) is 0 Å². The van der Waals surface area contributed by atoms with Crippen LogP contribution in [0.25, 0.3) is 0 Å². The normalized spacial score (nSPS) is 27.8. The van der Waals surface area contributed by atoms with Crippen molar-refractivity contribution in [2.45, 2.75) is 58.4 Å². The predicted octanol–water partition coefficient (Wildman–Crippen LogP) is 4.22. The van der Waals surface area contributed by atoms with Crippen LogP contribution in [0.5, 0.6) is 0 Å². The molecule has 0 bridgehead atoms. The molecule has 1 aromatic carbocycles. The first kappa shape index (κ1) is 14.5. The molecule has 106 valence electrons. The summed E-state index contributed by atoms with van der Waals surface area (Å²) in [6, 6.07) is 5.05. The van der Waals surface area contributed by atoms with E-state index in [2.05, 4.69) is 13.8 Å². The Morgan fingerprint density at radius 3 is 2.47 bits per heavy atom. The van der Waals surface area contributed by atoms with Crippen LogP contribution in [0.3, 0.4) is 0 Å². The molecule has 1 nitrogen and oxygen atoms in total. The van der Waals surface area contributed by atoms with Crippen LogP contribution in [0.15, 0.2) is 18.2 Å². The van der Waals surface area contributed by atoms with Gasteiger partial charge in [-0.2, -0.15) is 0 Å². The maximum Gasteiger partial charge on any atom is 0.123 e. The van der Waals surface area contributed by atoms with Crippen molar-refractivity contribution in [2.75, 3.05) is 0 Å². The van der Waals surface area contributed by atoms with Crippen LogP contribution in [0.4, 0.5) is 4.39 Å². The fourth-order valence-electron chi connectivity index (χ4n) is 3.30. The van der Waals surface area contributed by atoms with Gasteiger partial charge in [-0.3, -0.25) is 0 Å². The van der Waals surface area contributed by atoms with Gasteiger partial charge in [0.2, 0.25) is 0 Å². The second-order valence-electron chi connectivity index (χ2n) is 6.69. The van der Waals surface area contributed by atoms with Crippen molar-refractivity contribution in [3.05, 3.63) is 35.1 Å². The molecule has 0 unspecified atom stereocenters. The molecule has 0 atom stereocenters. The summed E-state index contributed by atoms with van der Waals surface area (Å²) in [5, 5.41) is 0. The van der Waals surface area contributed by atoms with Crippen LogP contribution >= 0.6 is 0 Å². The lowest BCUT2D eigenvalue weighted by Gasteiger charge is -2.39. The SMILES string of the molecule is Cc1cc(F)ccc1CC1(N)CCC(C(C)C)CC1. The van der Waals surface area contributed by atoms with Crippen LogP contribution in [0.1, 0.15) is 50.7 Å². The lowest BCUT2D eigenvalue weighted by molar-refractivity contribution is 0.194. The van der Waals surface area contributed by atoms with Crippen molar-refractivity contribution in [1.29, 1.82) is 0 Å². The van der Waals surface area contributed by atoms with Gasteiger partial charge in [-0.25, -0.2) is 4.39 Å². The Balaban J connectivity index is 2.03. The number of hydrogen-bond donors (Lipinski definition) is 1. The molecule has 2 N–H and O–H groups in total. The standard InChI is InChI=1S/C17H26FN/c1-12(2)14-6-8-17(19,9-7-14)11-15-4-5-16(18)10-13(15)3/h4-5,10,12,14H,6-9,11,19H2,1-3H3. The molecule has 0 spiro atoms. The average molecular weight is 263 g/mol. The molecule has 0 aromatic heterocycles. The van der Waals surface area contributed by atoms with E-state index in [0.29, 0.717) is 0 Å². The Morgan fingerprint density at radius 2 is 1.95 bits per heavy atom. The molecule has 0 aliphatic heterocycles. The molecule has 0 radical (unpaired) electrons. The minimum Gasteiger partial charge on any atom is -0.325 e. The zero-order chi connectivity index (χ0) is 14.0. The zero-order valence-electron chi connectivity index (χ0n) is 12.4. The summed E-state index contributed by atoms with van der Waals surface area (Å²) in [5.41, 5.74) is 8.70. The second kappa shape index (κ2) is 5.62. The van der Waals surface area contributed by atoms with Crippen LogP contribution < -0.4 is 5.73 Å². The fraction of sp³-hybridized carbons (Fsp3) is 0.647. The van der Waals surface area contributed by atoms with E-state index in [1.54, 1.807) is 12.1 Å². The Morgan fingerprint density at radius 1 is 1.32 bits per heavy atom. The smallest absolute Gasteiger partial charge is 0.123 e. The van der Waals surface area contributed by atoms with Crippen molar-refractivity contribution >= 4 is 0 Å². The maximum absolute atomic E-state index is 13.1. The third-order valence-electron chi connectivity index (χ3n) is 4.82. The topological polar surface area (TPSA) is 26.0 Å². The Bertz CT molecular complexity index is 431. The zero-order valence-corrected chi connectivity index (χ0v) is 12.4. The fourth-order valence-corrected chi connectivity index (χ4v) is 3.30. The Kier molecular flexibility index (Phi) is 4.29. The van der Waals surface area contributed by atoms with Crippen LogP contribution in [0, 0.1) is 24.6 Å². The predicted molar refractivity (Wildman–Crippen MR) is 78.6 cm³/mol. The van der Waals surface area contributed by atoms with Gasteiger partial charge in [0.05, 0.1) is 0 Å². The highest BCUT2D eigenvalue weighted by Gasteiger charge is 2.33. The number of rotatable bonds is 3. The first-order valence-electron chi connectivity index (χ1n) is 7.43. The van der Waals surface area contributed by atoms with Crippen LogP contribution in [-0.4, -0.2) is 5.54 Å². The first-order valence-corrected chi connectivity index (χ1v) is 7.43. The quantitative estimate of drug-likeness (QED) is 0.868. The minimum atomic E-state index is -0.157. The molecule has 2 heteroatoms. The molecule has 1 aliphatic rings. The molecule has 19 heavy (non-hydrogen) atoms. The molecule has 1 fully saturated rings. The van der Waals surface area contributed by atoms with E-state index < -0.39 is 0 Å². The van der Waals surface area contributed by atoms with E-state index in [0.717, 1.165) is 36.7 Å². The molecule has 0 saturated heterocycles. The van der Waals surface area contributed by atoms with E-state index in [9.17, 15) is 4.39 Å². The third-order valence-corrected chi connectivity index (χ3v) is 4.82. The number of hydrogen-bond acceptors (Lipinski definition) is 1. The molecule has 1 aromatic rings. The number of halogens is 1. The number of benzene rings is 1. The van der Waals surface area contributed by atoms with E-state index in [1.807, 2.05) is 13.0 Å². The van der Waals surface area contributed by atoms with Crippen molar-refractivity contribution in [3.8, 4) is 0 Å². The summed E-state index contributed by atoms with van der Waals surface area (Å²) in [7, 11) is 0. The lowest BCUT2D eigenvalue weighted by atomic mass is 9.71. The summed E-state index contributed by atoms with van der Waals surface area (Å²) in [6.45, 7) is 6.58. The summed E-state index contributed by atoms with van der Waals surface area (Å²) in [4.78, 5) is 0. The van der Waals surface area contributed by atoms with Gasteiger partial charge in [0.15, 0.2) is 0 Å². The second-order valence-corrected chi connectivity index (χ2v) is 6.69. The highest BCUT2D eigenvalue weighted by Crippen LogP contribution is 2.36. The van der Waals surface area contributed by atoms with Crippen molar-refractivity contribution in [3.63, 3.8) is 0 Å². The monoisotopic (exact) mass is 263 g/mol. The Labute approximate surface area is 116 Å². The highest BCUT2D eigenvalue weighted by atomic mass is 19.1. The number of nitrogens with two attached hydrogens (primary N) is 1. The Hall–Kier alpha value is -0.890. The third kappa shape index (κ3) is 3.56. The summed E-state index contributed by atoms with van der Waals surface area (Å²) < 4.78 is 13.1. The average Bonchev–Trinajstić information content (AvgIpc) is 2.33.